The van der Waals surface area contributed by atoms with Crippen molar-refractivity contribution in [2.24, 2.45) is 5.92 Å². The Morgan fingerprint density at radius 3 is 2.52 bits per heavy atom. The lowest BCUT2D eigenvalue weighted by Crippen LogP contribution is -2.40. The van der Waals surface area contributed by atoms with Gasteiger partial charge in [0.1, 0.15) is 0 Å². The minimum Gasteiger partial charge on any atom is -0.465 e. The Hall–Kier alpha value is -2.99. The van der Waals surface area contributed by atoms with Crippen LogP contribution in [0.25, 0.3) is 0 Å². The fraction of sp³-hybridized carbons (Fsp3) is 0.621. The number of carbonyl (C=O) groups excluding carboxylic acids is 3. The monoisotopic (exact) mass is 562 g/mol. The number of carbonyl (C=O) groups is 3. The highest BCUT2D eigenvalue weighted by molar-refractivity contribution is 5.92. The molecule has 222 valence electrons. The Labute approximate surface area is 235 Å². The predicted octanol–water partition coefficient (Wildman–Crippen LogP) is 1.99. The number of aliphatic hydroxyl groups excluding tert-OH is 1. The summed E-state index contributed by atoms with van der Waals surface area (Å²) in [6.45, 7) is 5.48. The van der Waals surface area contributed by atoms with Gasteiger partial charge in [-0.05, 0) is 50.0 Å². The van der Waals surface area contributed by atoms with Crippen molar-refractivity contribution in [3.05, 3.63) is 47.2 Å². The lowest BCUT2D eigenvalue weighted by molar-refractivity contribution is -0.168. The van der Waals surface area contributed by atoms with Crippen LogP contribution in [0.4, 0.5) is 0 Å². The minimum absolute atomic E-state index is 0.0355. The highest BCUT2D eigenvalue weighted by atomic mass is 16.7. The molecule has 0 saturated carbocycles. The van der Waals surface area contributed by atoms with Crippen molar-refractivity contribution < 1.29 is 43.2 Å². The van der Waals surface area contributed by atoms with Gasteiger partial charge in [-0.3, -0.25) is 9.59 Å². The summed E-state index contributed by atoms with van der Waals surface area (Å²) in [5, 5.41) is 11.7. The maximum Gasteiger partial charge on any atom is 0.337 e. The number of rotatable bonds is 17. The summed E-state index contributed by atoms with van der Waals surface area (Å²) in [6, 6.07) is 7.10. The van der Waals surface area contributed by atoms with E-state index in [0.29, 0.717) is 64.3 Å². The molecule has 0 aromatic heterocycles. The maximum atomic E-state index is 13.1. The van der Waals surface area contributed by atoms with E-state index < -0.39 is 12.3 Å². The van der Waals surface area contributed by atoms with Gasteiger partial charge < -0.3 is 39.0 Å². The first-order valence-electron chi connectivity index (χ1n) is 14.0. The molecule has 2 amide bonds. The van der Waals surface area contributed by atoms with Crippen LogP contribution in [0.15, 0.2) is 36.1 Å². The molecule has 0 aliphatic carbocycles. The van der Waals surface area contributed by atoms with Crippen molar-refractivity contribution in [2.75, 3.05) is 66.4 Å². The second-order valence-corrected chi connectivity index (χ2v) is 9.61. The molecule has 0 radical (unpaired) electrons. The zero-order valence-electron chi connectivity index (χ0n) is 23.5. The van der Waals surface area contributed by atoms with Gasteiger partial charge in [0, 0.05) is 51.1 Å². The molecule has 3 rings (SSSR count). The van der Waals surface area contributed by atoms with Crippen molar-refractivity contribution in [1.29, 1.82) is 0 Å². The van der Waals surface area contributed by atoms with Gasteiger partial charge in [0.05, 0.1) is 39.1 Å². The van der Waals surface area contributed by atoms with E-state index in [0.717, 1.165) is 18.5 Å². The first-order chi connectivity index (χ1) is 19.5. The van der Waals surface area contributed by atoms with Gasteiger partial charge in [-0.1, -0.05) is 12.1 Å². The molecule has 40 heavy (non-hydrogen) atoms. The number of benzene rings is 1. The Bertz CT molecular complexity index is 982. The standard InChI is InChI=1S/C29H42N2O9/c1-3-39-29-23(11-16-37-18-19-38-17-15-32)24(21-7-9-22(10-8-21)28(35)36-2)20-25(40-29)27(34)30-12-5-14-31-13-4-6-26(31)33/h7-10,20,23-24,29,32H,3-6,11-19H2,1-2H3,(H,30,34)/t23-,24+,29+/m1/s1. The number of nitrogens with one attached hydrogen (secondary N) is 1. The molecule has 0 spiro atoms. The molecule has 1 aromatic carbocycles. The molecule has 11 heteroatoms. The highest BCUT2D eigenvalue weighted by Crippen LogP contribution is 2.39. The number of amides is 2. The molecule has 0 bridgehead atoms. The summed E-state index contributed by atoms with van der Waals surface area (Å²) in [5.74, 6) is -0.839. The molecule has 2 aliphatic rings. The van der Waals surface area contributed by atoms with E-state index in [1.54, 1.807) is 18.2 Å². The van der Waals surface area contributed by atoms with Gasteiger partial charge in [-0.15, -0.1) is 0 Å². The highest BCUT2D eigenvalue weighted by Gasteiger charge is 2.38. The molecule has 2 N–H and O–H groups in total. The average molecular weight is 563 g/mol. The average Bonchev–Trinajstić information content (AvgIpc) is 3.39. The lowest BCUT2D eigenvalue weighted by atomic mass is 9.81. The Morgan fingerprint density at radius 1 is 1.12 bits per heavy atom. The van der Waals surface area contributed by atoms with Crippen LogP contribution in [0, 0.1) is 5.92 Å². The third-order valence-electron chi connectivity index (χ3n) is 6.92. The summed E-state index contributed by atoms with van der Waals surface area (Å²) in [4.78, 5) is 38.7. The van der Waals surface area contributed by atoms with E-state index >= 15 is 0 Å². The van der Waals surface area contributed by atoms with E-state index in [2.05, 4.69) is 5.32 Å². The molecule has 1 aromatic rings. The SMILES string of the molecule is CCO[C@H]1OC(C(=O)NCCCN2CCCC2=O)=C[C@@H](c2ccc(C(=O)OC)cc2)[C@H]1CCOCCOCCO. The lowest BCUT2D eigenvalue weighted by Gasteiger charge is -2.37. The predicted molar refractivity (Wildman–Crippen MR) is 145 cm³/mol. The third kappa shape index (κ3) is 9.29. The smallest absolute Gasteiger partial charge is 0.337 e. The van der Waals surface area contributed by atoms with Crippen LogP contribution in [0.5, 0.6) is 0 Å². The van der Waals surface area contributed by atoms with Crippen LogP contribution in [0.1, 0.15) is 54.4 Å². The molecule has 3 atom stereocenters. The molecular weight excluding hydrogens is 520 g/mol. The number of esters is 1. The van der Waals surface area contributed by atoms with Gasteiger partial charge in [-0.2, -0.15) is 0 Å². The first-order valence-corrected chi connectivity index (χ1v) is 14.0. The van der Waals surface area contributed by atoms with E-state index in [4.69, 9.17) is 28.8 Å². The molecule has 11 nitrogen and oxygen atoms in total. The van der Waals surface area contributed by atoms with E-state index in [9.17, 15) is 14.4 Å². The maximum absolute atomic E-state index is 13.1. The van der Waals surface area contributed by atoms with Gasteiger partial charge in [-0.25, -0.2) is 4.79 Å². The minimum atomic E-state index is -0.683. The van der Waals surface area contributed by atoms with E-state index in [-0.39, 0.29) is 42.6 Å². The number of likely N-dealkylation sites (tertiary alicyclic amines) is 1. The van der Waals surface area contributed by atoms with E-state index in [1.165, 1.54) is 7.11 Å². The number of nitrogens with zero attached hydrogens (tertiary/aromatic N) is 1. The van der Waals surface area contributed by atoms with Crippen LogP contribution in [-0.2, 0) is 33.3 Å². The summed E-state index contributed by atoms with van der Waals surface area (Å²) in [6.07, 6.45) is 3.84. The normalized spacial score (nSPS) is 20.7. The van der Waals surface area contributed by atoms with Gasteiger partial charge >= 0.3 is 5.97 Å². The number of hydrogen-bond donors (Lipinski definition) is 2. The summed E-state index contributed by atoms with van der Waals surface area (Å²) < 4.78 is 27.8. The van der Waals surface area contributed by atoms with E-state index in [1.807, 2.05) is 24.0 Å². The van der Waals surface area contributed by atoms with Crippen molar-refractivity contribution in [2.45, 2.75) is 44.8 Å². The van der Waals surface area contributed by atoms with Gasteiger partial charge in [0.15, 0.2) is 5.76 Å². The fourth-order valence-electron chi connectivity index (χ4n) is 4.88. The zero-order valence-corrected chi connectivity index (χ0v) is 23.5. The molecule has 2 heterocycles. The van der Waals surface area contributed by atoms with Crippen LogP contribution in [0.2, 0.25) is 0 Å². The summed E-state index contributed by atoms with van der Waals surface area (Å²) in [7, 11) is 1.34. The molecule has 2 aliphatic heterocycles. The van der Waals surface area contributed by atoms with Crippen LogP contribution >= 0.6 is 0 Å². The number of hydrogen-bond acceptors (Lipinski definition) is 9. The van der Waals surface area contributed by atoms with Crippen LogP contribution in [0.3, 0.4) is 0 Å². The summed E-state index contributed by atoms with van der Waals surface area (Å²) in [5.41, 5.74) is 1.33. The van der Waals surface area contributed by atoms with Gasteiger partial charge in [0.2, 0.25) is 12.2 Å². The largest absolute Gasteiger partial charge is 0.465 e. The van der Waals surface area contributed by atoms with Crippen molar-refractivity contribution in [1.82, 2.24) is 10.2 Å². The van der Waals surface area contributed by atoms with Crippen molar-refractivity contribution in [3.8, 4) is 0 Å². The zero-order chi connectivity index (χ0) is 28.7. The van der Waals surface area contributed by atoms with Gasteiger partial charge in [0.25, 0.3) is 5.91 Å². The van der Waals surface area contributed by atoms with Crippen molar-refractivity contribution >= 4 is 17.8 Å². The van der Waals surface area contributed by atoms with Crippen LogP contribution < -0.4 is 5.32 Å². The second-order valence-electron chi connectivity index (χ2n) is 9.61. The molecule has 0 unspecified atom stereocenters. The third-order valence-corrected chi connectivity index (χ3v) is 6.92. The topological polar surface area (TPSA) is 133 Å². The Balaban J connectivity index is 1.71. The fourth-order valence-corrected chi connectivity index (χ4v) is 4.88. The second kappa shape index (κ2) is 17.0. The quantitative estimate of drug-likeness (QED) is 0.216. The molecular formula is C29H42N2O9. The number of aliphatic hydroxyl groups is 1. The van der Waals surface area contributed by atoms with Crippen molar-refractivity contribution in [3.63, 3.8) is 0 Å². The molecule has 1 saturated heterocycles. The Kier molecular flexibility index (Phi) is 13.4. The number of methoxy groups -OCH3 is 1. The Morgan fingerprint density at radius 2 is 1.88 bits per heavy atom. The summed E-state index contributed by atoms with van der Waals surface area (Å²) >= 11 is 0. The first kappa shape index (κ1) is 31.5. The molecule has 1 fully saturated rings. The number of ether oxygens (including phenoxy) is 5. The van der Waals surface area contributed by atoms with Crippen LogP contribution in [-0.4, -0.2) is 100 Å². The number of allylic oxidation sites excluding steroid dienone is 1.